The normalized spacial score (nSPS) is 16.6. The van der Waals surface area contributed by atoms with E-state index in [2.05, 4.69) is 15.6 Å². The average molecular weight is 343 g/mol. The Balaban J connectivity index is 1.47. The van der Waals surface area contributed by atoms with Gasteiger partial charge in [0.2, 0.25) is 11.8 Å². The summed E-state index contributed by atoms with van der Waals surface area (Å²) >= 11 is 0. The molecular weight excluding hydrogens is 321 g/mol. The van der Waals surface area contributed by atoms with E-state index in [4.69, 9.17) is 4.74 Å². The Morgan fingerprint density at radius 3 is 2.92 bits per heavy atom. The molecule has 1 unspecified atom stereocenters. The molecule has 0 radical (unpaired) electrons. The number of carbonyl (C=O) groups excluding carboxylic acids is 1. The second kappa shape index (κ2) is 8.58. The first-order chi connectivity index (χ1) is 12.2. The zero-order valence-electron chi connectivity index (χ0n) is 14.0. The van der Waals surface area contributed by atoms with Crippen LogP contribution in [0, 0.1) is 11.7 Å². The summed E-state index contributed by atoms with van der Waals surface area (Å²) in [5, 5.41) is 6.24. The summed E-state index contributed by atoms with van der Waals surface area (Å²) in [5.41, 5.74) is 0.906. The third-order valence-electron chi connectivity index (χ3n) is 4.27. The van der Waals surface area contributed by atoms with Crippen molar-refractivity contribution >= 4 is 5.91 Å². The molecule has 1 atom stereocenters. The van der Waals surface area contributed by atoms with Gasteiger partial charge in [-0.1, -0.05) is 0 Å². The van der Waals surface area contributed by atoms with Crippen molar-refractivity contribution < 1.29 is 13.9 Å². The number of hydrogen-bond acceptors (Lipinski definition) is 4. The fourth-order valence-corrected chi connectivity index (χ4v) is 2.82. The molecule has 0 bridgehead atoms. The van der Waals surface area contributed by atoms with Crippen molar-refractivity contribution in [1.82, 2.24) is 15.6 Å². The largest absolute Gasteiger partial charge is 0.439 e. The predicted molar refractivity (Wildman–Crippen MR) is 92.8 cm³/mol. The zero-order chi connectivity index (χ0) is 17.5. The molecule has 1 saturated heterocycles. The predicted octanol–water partition coefficient (Wildman–Crippen LogP) is 3.02. The topological polar surface area (TPSA) is 63.2 Å². The van der Waals surface area contributed by atoms with Crippen LogP contribution in [0.4, 0.5) is 4.39 Å². The monoisotopic (exact) mass is 343 g/mol. The van der Waals surface area contributed by atoms with Gasteiger partial charge in [0, 0.05) is 25.2 Å². The van der Waals surface area contributed by atoms with Crippen molar-refractivity contribution in [3.8, 4) is 11.6 Å². The Morgan fingerprint density at radius 1 is 1.32 bits per heavy atom. The second-order valence-electron chi connectivity index (χ2n) is 6.23. The second-order valence-corrected chi connectivity index (χ2v) is 6.23. The van der Waals surface area contributed by atoms with E-state index in [0.29, 0.717) is 30.5 Å². The number of aromatic nitrogens is 1. The van der Waals surface area contributed by atoms with Gasteiger partial charge in [-0.25, -0.2) is 9.37 Å². The highest BCUT2D eigenvalue weighted by Gasteiger charge is 2.15. The molecule has 1 aromatic carbocycles. The molecule has 25 heavy (non-hydrogen) atoms. The van der Waals surface area contributed by atoms with Crippen LogP contribution in [0.3, 0.4) is 0 Å². The lowest BCUT2D eigenvalue weighted by molar-refractivity contribution is -0.121. The number of ether oxygens (including phenoxy) is 1. The lowest BCUT2D eigenvalue weighted by Crippen LogP contribution is -2.23. The summed E-state index contributed by atoms with van der Waals surface area (Å²) in [5.74, 6) is 1.29. The van der Waals surface area contributed by atoms with E-state index in [9.17, 15) is 9.18 Å². The SMILES string of the molecule is O=C(CCC1CCNC1)NCc1ccnc(Oc2ccc(F)cc2)c1. The van der Waals surface area contributed by atoms with Gasteiger partial charge in [0.15, 0.2) is 0 Å². The van der Waals surface area contributed by atoms with Crippen LogP contribution < -0.4 is 15.4 Å². The number of nitrogens with zero attached hydrogens (tertiary/aromatic N) is 1. The number of hydrogen-bond donors (Lipinski definition) is 2. The number of amides is 1. The molecule has 2 heterocycles. The highest BCUT2D eigenvalue weighted by molar-refractivity contribution is 5.75. The number of pyridine rings is 1. The van der Waals surface area contributed by atoms with Crippen LogP contribution in [0.1, 0.15) is 24.8 Å². The minimum absolute atomic E-state index is 0.0599. The first kappa shape index (κ1) is 17.4. The lowest BCUT2D eigenvalue weighted by atomic mass is 10.0. The molecule has 132 valence electrons. The molecule has 2 aromatic rings. The summed E-state index contributed by atoms with van der Waals surface area (Å²) in [6, 6.07) is 9.36. The highest BCUT2D eigenvalue weighted by Crippen LogP contribution is 2.20. The Bertz CT molecular complexity index is 700. The fraction of sp³-hybridized carbons (Fsp3) is 0.368. The van der Waals surface area contributed by atoms with E-state index in [1.165, 1.54) is 12.1 Å². The quantitative estimate of drug-likeness (QED) is 0.811. The minimum Gasteiger partial charge on any atom is -0.439 e. The molecule has 1 amide bonds. The molecule has 3 rings (SSSR count). The highest BCUT2D eigenvalue weighted by atomic mass is 19.1. The third-order valence-corrected chi connectivity index (χ3v) is 4.27. The van der Waals surface area contributed by atoms with Gasteiger partial charge in [-0.2, -0.15) is 0 Å². The Morgan fingerprint density at radius 2 is 2.16 bits per heavy atom. The number of halogens is 1. The summed E-state index contributed by atoms with van der Waals surface area (Å²) in [6.07, 6.45) is 4.26. The maximum Gasteiger partial charge on any atom is 0.220 e. The van der Waals surface area contributed by atoms with Gasteiger partial charge in [0.05, 0.1) is 0 Å². The number of benzene rings is 1. The van der Waals surface area contributed by atoms with Crippen LogP contribution in [0.15, 0.2) is 42.6 Å². The van der Waals surface area contributed by atoms with Crippen LogP contribution in [0.2, 0.25) is 0 Å². The summed E-state index contributed by atoms with van der Waals surface area (Å²) < 4.78 is 18.5. The van der Waals surface area contributed by atoms with Crippen LogP contribution in [0.25, 0.3) is 0 Å². The zero-order valence-corrected chi connectivity index (χ0v) is 14.0. The maximum atomic E-state index is 12.9. The molecular formula is C19H22FN3O2. The van der Waals surface area contributed by atoms with E-state index in [1.807, 2.05) is 6.07 Å². The van der Waals surface area contributed by atoms with E-state index >= 15 is 0 Å². The molecule has 6 heteroatoms. The first-order valence-electron chi connectivity index (χ1n) is 8.55. The van der Waals surface area contributed by atoms with Crippen LogP contribution >= 0.6 is 0 Å². The fourth-order valence-electron chi connectivity index (χ4n) is 2.82. The number of rotatable bonds is 7. The van der Waals surface area contributed by atoms with Gasteiger partial charge in [-0.15, -0.1) is 0 Å². The van der Waals surface area contributed by atoms with Gasteiger partial charge >= 0.3 is 0 Å². The molecule has 1 aromatic heterocycles. The van der Waals surface area contributed by atoms with E-state index in [-0.39, 0.29) is 11.7 Å². The summed E-state index contributed by atoms with van der Waals surface area (Å²) in [7, 11) is 0. The Hall–Kier alpha value is -2.47. The molecule has 0 saturated carbocycles. The van der Waals surface area contributed by atoms with Crippen molar-refractivity contribution in [3.05, 3.63) is 54.0 Å². The maximum absolute atomic E-state index is 12.9. The van der Waals surface area contributed by atoms with E-state index in [1.54, 1.807) is 24.4 Å². The van der Waals surface area contributed by atoms with Crippen molar-refractivity contribution in [3.63, 3.8) is 0 Å². The van der Waals surface area contributed by atoms with Crippen molar-refractivity contribution in [1.29, 1.82) is 0 Å². The van der Waals surface area contributed by atoms with Gasteiger partial charge in [-0.3, -0.25) is 4.79 Å². The van der Waals surface area contributed by atoms with Gasteiger partial charge < -0.3 is 15.4 Å². The summed E-state index contributed by atoms with van der Waals surface area (Å²) in [6.45, 7) is 2.51. The molecule has 1 fully saturated rings. The van der Waals surface area contributed by atoms with Gasteiger partial charge in [0.1, 0.15) is 11.6 Å². The number of nitrogens with one attached hydrogen (secondary N) is 2. The molecule has 2 N–H and O–H groups in total. The smallest absolute Gasteiger partial charge is 0.220 e. The minimum atomic E-state index is -0.315. The van der Waals surface area contributed by atoms with E-state index in [0.717, 1.165) is 31.5 Å². The van der Waals surface area contributed by atoms with Gasteiger partial charge in [0.25, 0.3) is 0 Å². The third kappa shape index (κ3) is 5.53. The van der Waals surface area contributed by atoms with E-state index < -0.39 is 0 Å². The van der Waals surface area contributed by atoms with Crippen molar-refractivity contribution in [2.75, 3.05) is 13.1 Å². The van der Waals surface area contributed by atoms with Gasteiger partial charge in [-0.05, 0) is 67.7 Å². The first-order valence-corrected chi connectivity index (χ1v) is 8.55. The molecule has 0 spiro atoms. The lowest BCUT2D eigenvalue weighted by Gasteiger charge is -2.10. The van der Waals surface area contributed by atoms with Crippen LogP contribution in [0.5, 0.6) is 11.6 Å². The molecule has 0 aliphatic carbocycles. The Kier molecular flexibility index (Phi) is 5.95. The molecule has 1 aliphatic heterocycles. The van der Waals surface area contributed by atoms with Crippen LogP contribution in [-0.2, 0) is 11.3 Å². The van der Waals surface area contributed by atoms with Crippen LogP contribution in [-0.4, -0.2) is 24.0 Å². The Labute approximate surface area is 146 Å². The standard InChI is InChI=1S/C19H22FN3O2/c20-16-2-4-17(5-3-16)25-19-11-15(8-10-22-19)13-23-18(24)6-1-14-7-9-21-12-14/h2-5,8,10-11,14,21H,1,6-7,9,12-13H2,(H,23,24). The van der Waals surface area contributed by atoms with Crippen molar-refractivity contribution in [2.24, 2.45) is 5.92 Å². The summed E-state index contributed by atoms with van der Waals surface area (Å²) in [4.78, 5) is 16.1. The molecule has 5 nitrogen and oxygen atoms in total. The van der Waals surface area contributed by atoms with Crippen molar-refractivity contribution in [2.45, 2.75) is 25.8 Å². The molecule has 1 aliphatic rings. The number of carbonyl (C=O) groups is 1. The average Bonchev–Trinajstić information content (AvgIpc) is 3.14.